The molecule has 1 amide bonds. The van der Waals surface area contributed by atoms with E-state index in [1.54, 1.807) is 6.92 Å². The molecule has 4 nitrogen and oxygen atoms in total. The predicted molar refractivity (Wildman–Crippen MR) is 91.4 cm³/mol. The van der Waals surface area contributed by atoms with Gasteiger partial charge in [0.15, 0.2) is 5.96 Å². The molecule has 1 aromatic carbocycles. The van der Waals surface area contributed by atoms with Gasteiger partial charge in [-0.2, -0.15) is 18.2 Å². The van der Waals surface area contributed by atoms with Crippen LogP contribution in [0.2, 0.25) is 0 Å². The van der Waals surface area contributed by atoms with E-state index in [9.17, 15) is 18.0 Å². The molecular weight excluding hydrogens is 331 g/mol. The fourth-order valence-electron chi connectivity index (χ4n) is 3.51. The van der Waals surface area contributed by atoms with Gasteiger partial charge in [0.1, 0.15) is 0 Å². The van der Waals surface area contributed by atoms with Gasteiger partial charge in [0, 0.05) is 5.56 Å². The number of halogens is 3. The van der Waals surface area contributed by atoms with Crippen molar-refractivity contribution in [2.45, 2.75) is 64.0 Å². The Bertz CT molecular complexity index is 656. The second kappa shape index (κ2) is 7.89. The Morgan fingerprint density at radius 3 is 2.24 bits per heavy atom. The highest BCUT2D eigenvalue weighted by atomic mass is 19.4. The molecule has 1 aliphatic carbocycles. The van der Waals surface area contributed by atoms with E-state index in [2.05, 4.69) is 4.99 Å². The standard InChI is InChI=1S/C18H24F3N3O/c1-2-11-9-13(12-7-5-3-4-6-8-12)15(18(19,20)21)10-14(11)16(25)24-17(22)23/h9-10,12H,2-8H2,1H3,(H4,22,23,24,25). The average Bonchev–Trinajstić information content (AvgIpc) is 2.81. The van der Waals surface area contributed by atoms with E-state index in [0.29, 0.717) is 17.5 Å². The van der Waals surface area contributed by atoms with Gasteiger partial charge < -0.3 is 11.5 Å². The summed E-state index contributed by atoms with van der Waals surface area (Å²) in [5, 5.41) is 0. The molecule has 0 heterocycles. The number of nitrogens with two attached hydrogens (primary N) is 2. The average molecular weight is 355 g/mol. The summed E-state index contributed by atoms with van der Waals surface area (Å²) in [4.78, 5) is 15.5. The number of carbonyl (C=O) groups excluding carboxylic acids is 1. The molecule has 1 saturated carbocycles. The first kappa shape index (κ1) is 19.3. The lowest BCUT2D eigenvalue weighted by atomic mass is 9.85. The Kier molecular flexibility index (Phi) is 6.08. The van der Waals surface area contributed by atoms with Crippen LogP contribution in [0, 0.1) is 0 Å². The van der Waals surface area contributed by atoms with E-state index >= 15 is 0 Å². The largest absolute Gasteiger partial charge is 0.416 e. The molecule has 0 bridgehead atoms. The van der Waals surface area contributed by atoms with Crippen LogP contribution in [0.15, 0.2) is 17.1 Å². The van der Waals surface area contributed by atoms with Crippen LogP contribution < -0.4 is 11.5 Å². The normalized spacial score (nSPS) is 16.3. The van der Waals surface area contributed by atoms with Crippen LogP contribution in [-0.4, -0.2) is 11.9 Å². The zero-order valence-corrected chi connectivity index (χ0v) is 14.3. The Morgan fingerprint density at radius 2 is 1.76 bits per heavy atom. The lowest BCUT2D eigenvalue weighted by Crippen LogP contribution is -2.24. The summed E-state index contributed by atoms with van der Waals surface area (Å²) < 4.78 is 41.0. The maximum Gasteiger partial charge on any atom is 0.416 e. The minimum atomic E-state index is -4.53. The zero-order chi connectivity index (χ0) is 18.6. The minimum absolute atomic E-state index is 0.0828. The van der Waals surface area contributed by atoms with Gasteiger partial charge >= 0.3 is 6.18 Å². The van der Waals surface area contributed by atoms with Crippen LogP contribution in [-0.2, 0) is 12.6 Å². The lowest BCUT2D eigenvalue weighted by Gasteiger charge is -2.22. The van der Waals surface area contributed by atoms with E-state index in [0.717, 1.165) is 44.6 Å². The first-order chi connectivity index (χ1) is 11.7. The summed E-state index contributed by atoms with van der Waals surface area (Å²) in [5.41, 5.74) is 10.4. The van der Waals surface area contributed by atoms with E-state index in [4.69, 9.17) is 11.5 Å². The number of alkyl halides is 3. The third-order valence-electron chi connectivity index (χ3n) is 4.72. The molecule has 0 atom stereocenters. The van der Waals surface area contributed by atoms with Gasteiger partial charge in [0.2, 0.25) is 0 Å². The molecule has 0 spiro atoms. The molecule has 0 aliphatic heterocycles. The third-order valence-corrected chi connectivity index (χ3v) is 4.72. The predicted octanol–water partition coefficient (Wildman–Crippen LogP) is 4.12. The number of aryl methyl sites for hydroxylation is 1. The van der Waals surface area contributed by atoms with Crippen molar-refractivity contribution in [1.29, 1.82) is 0 Å². The van der Waals surface area contributed by atoms with E-state index in [1.807, 2.05) is 0 Å². The molecule has 7 heteroatoms. The molecule has 138 valence electrons. The molecule has 2 rings (SSSR count). The fraction of sp³-hybridized carbons (Fsp3) is 0.556. The molecule has 0 aromatic heterocycles. The summed E-state index contributed by atoms with van der Waals surface area (Å²) in [6, 6.07) is 2.46. The highest BCUT2D eigenvalue weighted by Gasteiger charge is 2.36. The van der Waals surface area contributed by atoms with Crippen LogP contribution in [0.4, 0.5) is 13.2 Å². The number of aliphatic imine (C=N–C) groups is 1. The fourth-order valence-corrected chi connectivity index (χ4v) is 3.51. The van der Waals surface area contributed by atoms with Crippen molar-refractivity contribution in [3.8, 4) is 0 Å². The Labute approximate surface area is 145 Å². The maximum atomic E-state index is 13.7. The molecule has 4 N–H and O–H groups in total. The summed E-state index contributed by atoms with van der Waals surface area (Å²) in [7, 11) is 0. The number of rotatable bonds is 3. The molecule has 25 heavy (non-hydrogen) atoms. The lowest BCUT2D eigenvalue weighted by molar-refractivity contribution is -0.138. The van der Waals surface area contributed by atoms with Crippen molar-refractivity contribution in [2.75, 3.05) is 0 Å². The second-order valence-electron chi connectivity index (χ2n) is 6.48. The number of hydrogen-bond acceptors (Lipinski definition) is 1. The molecule has 0 unspecified atom stereocenters. The van der Waals surface area contributed by atoms with Crippen molar-refractivity contribution in [3.05, 3.63) is 34.4 Å². The van der Waals surface area contributed by atoms with Crippen molar-refractivity contribution < 1.29 is 18.0 Å². The number of hydrogen-bond donors (Lipinski definition) is 2. The quantitative estimate of drug-likeness (QED) is 0.486. The summed E-state index contributed by atoms with van der Waals surface area (Å²) in [6.07, 6.45) is 1.36. The van der Waals surface area contributed by atoms with Crippen molar-refractivity contribution in [3.63, 3.8) is 0 Å². The number of amides is 1. The maximum absolute atomic E-state index is 13.7. The molecule has 1 aromatic rings. The smallest absolute Gasteiger partial charge is 0.370 e. The van der Waals surface area contributed by atoms with E-state index in [1.165, 1.54) is 6.07 Å². The monoisotopic (exact) mass is 355 g/mol. The van der Waals surface area contributed by atoms with Gasteiger partial charge in [-0.05, 0) is 42.4 Å². The Hall–Kier alpha value is -2.05. The molecular formula is C18H24F3N3O. The van der Waals surface area contributed by atoms with Gasteiger partial charge in [0.05, 0.1) is 5.56 Å². The first-order valence-corrected chi connectivity index (χ1v) is 8.62. The van der Waals surface area contributed by atoms with Crippen molar-refractivity contribution in [1.82, 2.24) is 0 Å². The summed E-state index contributed by atoms with van der Waals surface area (Å²) in [6.45, 7) is 1.80. The number of guanidine groups is 1. The second-order valence-corrected chi connectivity index (χ2v) is 6.48. The Balaban J connectivity index is 2.59. The van der Waals surface area contributed by atoms with E-state index < -0.39 is 23.6 Å². The van der Waals surface area contributed by atoms with Crippen LogP contribution in [0.1, 0.15) is 78.4 Å². The van der Waals surface area contributed by atoms with Gasteiger partial charge in [-0.15, -0.1) is 0 Å². The zero-order valence-electron chi connectivity index (χ0n) is 14.3. The summed E-state index contributed by atoms with van der Waals surface area (Å²) in [5.74, 6) is -1.43. The topological polar surface area (TPSA) is 81.5 Å². The highest BCUT2D eigenvalue weighted by Crippen LogP contribution is 2.41. The van der Waals surface area contributed by atoms with Gasteiger partial charge in [-0.25, -0.2) is 0 Å². The van der Waals surface area contributed by atoms with Gasteiger partial charge in [-0.3, -0.25) is 4.79 Å². The number of benzene rings is 1. The first-order valence-electron chi connectivity index (χ1n) is 8.62. The number of carbonyl (C=O) groups is 1. The molecule has 0 radical (unpaired) electrons. The SMILES string of the molecule is CCc1cc(C2CCCCCC2)c(C(F)(F)F)cc1C(=O)N=C(N)N. The van der Waals surface area contributed by atoms with Crippen molar-refractivity contribution >= 4 is 11.9 Å². The van der Waals surface area contributed by atoms with Crippen LogP contribution >= 0.6 is 0 Å². The van der Waals surface area contributed by atoms with Gasteiger partial charge in [-0.1, -0.05) is 38.7 Å². The Morgan fingerprint density at radius 1 is 1.16 bits per heavy atom. The van der Waals surface area contributed by atoms with Crippen LogP contribution in [0.5, 0.6) is 0 Å². The van der Waals surface area contributed by atoms with E-state index in [-0.39, 0.29) is 11.5 Å². The molecule has 1 aliphatic rings. The van der Waals surface area contributed by atoms with Gasteiger partial charge in [0.25, 0.3) is 5.91 Å². The minimum Gasteiger partial charge on any atom is -0.370 e. The van der Waals surface area contributed by atoms with Crippen LogP contribution in [0.3, 0.4) is 0 Å². The third kappa shape index (κ3) is 4.74. The molecule has 1 fully saturated rings. The van der Waals surface area contributed by atoms with Crippen LogP contribution in [0.25, 0.3) is 0 Å². The van der Waals surface area contributed by atoms with Crippen molar-refractivity contribution in [2.24, 2.45) is 16.5 Å². The highest BCUT2D eigenvalue weighted by molar-refractivity contribution is 6.03. The number of nitrogens with zero attached hydrogens (tertiary/aromatic N) is 1. The summed E-state index contributed by atoms with van der Waals surface area (Å²) >= 11 is 0. The molecule has 0 saturated heterocycles.